The molecule has 0 bridgehead atoms. The zero-order valence-electron chi connectivity index (χ0n) is 22.5. The van der Waals surface area contributed by atoms with E-state index >= 15 is 0 Å². The number of benzene rings is 1. The number of nitrogens with zero attached hydrogens (tertiary/aromatic N) is 4. The molecule has 0 saturated carbocycles. The number of rotatable bonds is 8. The van der Waals surface area contributed by atoms with Gasteiger partial charge in [0.15, 0.2) is 0 Å². The summed E-state index contributed by atoms with van der Waals surface area (Å²) in [6.07, 6.45) is 5.16. The largest absolute Gasteiger partial charge is 0.328 e. The van der Waals surface area contributed by atoms with Gasteiger partial charge in [-0.25, -0.2) is 19.1 Å². The van der Waals surface area contributed by atoms with Crippen LogP contribution >= 0.6 is 0 Å². The highest BCUT2D eigenvalue weighted by Gasteiger charge is 2.35. The number of hydrogen-bond acceptors (Lipinski definition) is 3. The second-order valence-electron chi connectivity index (χ2n) is 10.7. The van der Waals surface area contributed by atoms with Crippen molar-refractivity contribution in [2.45, 2.75) is 94.3 Å². The number of aryl methyl sites for hydroxylation is 3. The van der Waals surface area contributed by atoms with E-state index in [0.29, 0.717) is 0 Å². The zero-order valence-corrected chi connectivity index (χ0v) is 22.5. The lowest BCUT2D eigenvalue weighted by molar-refractivity contribution is -0.659. The van der Waals surface area contributed by atoms with Crippen LogP contribution in [0.5, 0.6) is 0 Å². The number of hydrogen-bond donors (Lipinski definition) is 1. The minimum Gasteiger partial charge on any atom is -0.328 e. The predicted octanol–water partition coefficient (Wildman–Crippen LogP) is 5.82. The van der Waals surface area contributed by atoms with Gasteiger partial charge in [0, 0.05) is 23.3 Å². The number of amidine groups is 2. The molecule has 33 heavy (non-hydrogen) atoms. The summed E-state index contributed by atoms with van der Waals surface area (Å²) in [6, 6.07) is 6.81. The predicted molar refractivity (Wildman–Crippen MR) is 140 cm³/mol. The quantitative estimate of drug-likeness (QED) is 0.506. The van der Waals surface area contributed by atoms with Crippen LogP contribution in [0.1, 0.15) is 85.1 Å². The molecule has 1 unspecified atom stereocenters. The maximum Gasteiger partial charge on any atom is 0.289 e. The average Bonchev–Trinajstić information content (AvgIpc) is 3.10. The molecule has 1 aromatic heterocycles. The standard InChI is InChI=1S/C28H44N5/c1-11-20-15-16-21(17-22(20)24-32(10)18-19(5)33(24)14-4)23-29-25(27(6,7)12-2)31-26(30-23)28(8,9)13-3/h15-18,25H,11-14H2,1-10H3,(H,29,30,31)/q+1. The Hall–Kier alpha value is -2.43. The summed E-state index contributed by atoms with van der Waals surface area (Å²) < 4.78 is 4.65. The lowest BCUT2D eigenvalue weighted by Crippen LogP contribution is -2.47. The average molecular weight is 451 g/mol. The van der Waals surface area contributed by atoms with Gasteiger partial charge in [-0.1, -0.05) is 60.6 Å². The van der Waals surface area contributed by atoms with Crippen LogP contribution in [0.2, 0.25) is 0 Å². The molecule has 1 N–H and O–H groups in total. The van der Waals surface area contributed by atoms with Crippen LogP contribution < -0.4 is 9.88 Å². The minimum absolute atomic E-state index is 0.00489. The van der Waals surface area contributed by atoms with Crippen molar-refractivity contribution in [1.29, 1.82) is 0 Å². The van der Waals surface area contributed by atoms with Gasteiger partial charge in [0.25, 0.3) is 5.82 Å². The zero-order chi connectivity index (χ0) is 24.6. The maximum absolute atomic E-state index is 5.16. The molecule has 180 valence electrons. The Labute approximate surface area is 201 Å². The Bertz CT molecular complexity index is 1070. The van der Waals surface area contributed by atoms with Gasteiger partial charge in [-0.2, -0.15) is 0 Å². The van der Waals surface area contributed by atoms with E-state index in [2.05, 4.69) is 108 Å². The van der Waals surface area contributed by atoms with E-state index in [0.717, 1.165) is 43.0 Å². The number of imidazole rings is 1. The third-order valence-corrected chi connectivity index (χ3v) is 7.59. The molecule has 0 saturated heterocycles. The number of aliphatic imine (C=N–C) groups is 2. The third kappa shape index (κ3) is 4.78. The molecular formula is C28H44N5+. The molecule has 3 rings (SSSR count). The molecule has 5 nitrogen and oxygen atoms in total. The van der Waals surface area contributed by atoms with E-state index in [4.69, 9.17) is 9.98 Å². The fraction of sp³-hybridized carbons (Fsp3) is 0.607. The van der Waals surface area contributed by atoms with Gasteiger partial charge in [0.05, 0.1) is 19.2 Å². The van der Waals surface area contributed by atoms with E-state index in [1.54, 1.807) is 0 Å². The molecular weight excluding hydrogens is 406 g/mol. The minimum atomic E-state index is -0.0910. The van der Waals surface area contributed by atoms with Gasteiger partial charge in [-0.05, 0) is 37.8 Å². The second-order valence-corrected chi connectivity index (χ2v) is 10.7. The Morgan fingerprint density at radius 2 is 1.73 bits per heavy atom. The first-order chi connectivity index (χ1) is 15.5. The highest BCUT2D eigenvalue weighted by molar-refractivity contribution is 6.12. The summed E-state index contributed by atoms with van der Waals surface area (Å²) in [5.74, 6) is 3.23. The van der Waals surface area contributed by atoms with Crippen molar-refractivity contribution >= 4 is 11.7 Å². The molecule has 0 aliphatic carbocycles. The SMILES string of the molecule is CCc1ccc(C2=NC(C(C)(C)CC)N=C(C(C)(C)CC)N2)cc1-c1n(CC)c(C)c[n+]1C. The first-order valence-corrected chi connectivity index (χ1v) is 12.6. The van der Waals surface area contributed by atoms with Crippen LogP contribution in [0, 0.1) is 17.8 Å². The molecule has 1 atom stereocenters. The third-order valence-electron chi connectivity index (χ3n) is 7.59. The molecule has 0 spiro atoms. The fourth-order valence-corrected chi connectivity index (χ4v) is 4.38. The van der Waals surface area contributed by atoms with Crippen LogP contribution in [0.4, 0.5) is 0 Å². The van der Waals surface area contributed by atoms with Crippen molar-refractivity contribution in [3.05, 3.63) is 41.2 Å². The first kappa shape index (κ1) is 25.2. The van der Waals surface area contributed by atoms with Gasteiger partial charge in [-0.15, -0.1) is 0 Å². The summed E-state index contributed by atoms with van der Waals surface area (Å²) in [5.41, 5.74) is 5.00. The summed E-state index contributed by atoms with van der Waals surface area (Å²) in [7, 11) is 2.14. The topological polar surface area (TPSA) is 45.6 Å². The number of aromatic nitrogens is 2. The van der Waals surface area contributed by atoms with Crippen LogP contribution in [-0.2, 0) is 20.0 Å². The van der Waals surface area contributed by atoms with Crippen molar-refractivity contribution in [1.82, 2.24) is 9.88 Å². The highest BCUT2D eigenvalue weighted by atomic mass is 15.2. The molecule has 5 heteroatoms. The molecule has 0 amide bonds. The monoisotopic (exact) mass is 450 g/mol. The number of nitrogens with one attached hydrogen (secondary N) is 1. The van der Waals surface area contributed by atoms with E-state index in [9.17, 15) is 0 Å². The lowest BCUT2D eigenvalue weighted by atomic mass is 9.84. The van der Waals surface area contributed by atoms with Crippen molar-refractivity contribution in [3.63, 3.8) is 0 Å². The fourth-order valence-electron chi connectivity index (χ4n) is 4.38. The van der Waals surface area contributed by atoms with Crippen LogP contribution in [-0.4, -0.2) is 22.4 Å². The van der Waals surface area contributed by atoms with Gasteiger partial charge < -0.3 is 5.32 Å². The normalized spacial score (nSPS) is 17.0. The van der Waals surface area contributed by atoms with E-state index in [1.165, 1.54) is 22.6 Å². The summed E-state index contributed by atoms with van der Waals surface area (Å²) in [6.45, 7) is 21.1. The Morgan fingerprint density at radius 3 is 2.30 bits per heavy atom. The van der Waals surface area contributed by atoms with Crippen molar-refractivity contribution in [2.75, 3.05) is 0 Å². The van der Waals surface area contributed by atoms with Gasteiger partial charge in [0.1, 0.15) is 29.7 Å². The first-order valence-electron chi connectivity index (χ1n) is 12.6. The van der Waals surface area contributed by atoms with Crippen molar-refractivity contribution in [2.24, 2.45) is 27.9 Å². The highest BCUT2D eigenvalue weighted by Crippen LogP contribution is 2.33. The molecule has 0 fully saturated rings. The second kappa shape index (κ2) is 9.44. The van der Waals surface area contributed by atoms with Gasteiger partial charge in [-0.3, -0.25) is 0 Å². The Balaban J connectivity index is 2.17. The molecule has 2 aromatic rings. The van der Waals surface area contributed by atoms with Crippen LogP contribution in [0.25, 0.3) is 11.4 Å². The van der Waals surface area contributed by atoms with Crippen LogP contribution in [0.3, 0.4) is 0 Å². The van der Waals surface area contributed by atoms with E-state index in [-0.39, 0.29) is 17.0 Å². The Morgan fingerprint density at radius 1 is 1.03 bits per heavy atom. The van der Waals surface area contributed by atoms with Crippen molar-refractivity contribution < 1.29 is 4.57 Å². The lowest BCUT2D eigenvalue weighted by Gasteiger charge is -2.36. The summed E-state index contributed by atoms with van der Waals surface area (Å²) >= 11 is 0. The van der Waals surface area contributed by atoms with E-state index < -0.39 is 0 Å². The molecule has 1 aliphatic rings. The van der Waals surface area contributed by atoms with Gasteiger partial charge in [0.2, 0.25) is 0 Å². The van der Waals surface area contributed by atoms with Crippen LogP contribution in [0.15, 0.2) is 34.4 Å². The molecule has 1 aliphatic heterocycles. The Kier molecular flexibility index (Phi) is 7.21. The summed E-state index contributed by atoms with van der Waals surface area (Å²) in [5, 5.41) is 3.64. The molecule has 0 radical (unpaired) electrons. The summed E-state index contributed by atoms with van der Waals surface area (Å²) in [4.78, 5) is 10.3. The smallest absolute Gasteiger partial charge is 0.289 e. The van der Waals surface area contributed by atoms with E-state index in [1.807, 2.05) is 0 Å². The molecule has 1 aromatic carbocycles. The molecule has 2 heterocycles. The maximum atomic E-state index is 5.16. The van der Waals surface area contributed by atoms with Gasteiger partial charge >= 0.3 is 0 Å². The van der Waals surface area contributed by atoms with Crippen molar-refractivity contribution in [3.8, 4) is 11.4 Å².